The summed E-state index contributed by atoms with van der Waals surface area (Å²) >= 11 is 0. The Balaban J connectivity index is 1.44. The van der Waals surface area contributed by atoms with E-state index in [1.165, 1.54) is 24.0 Å². The summed E-state index contributed by atoms with van der Waals surface area (Å²) in [5.74, 6) is 1.66. The lowest BCUT2D eigenvalue weighted by atomic mass is 10.0. The number of carbonyl (C=O) groups is 1. The highest BCUT2D eigenvalue weighted by atomic mass is 16.5. The predicted octanol–water partition coefficient (Wildman–Crippen LogP) is 3.72. The van der Waals surface area contributed by atoms with E-state index in [0.717, 1.165) is 30.8 Å². The van der Waals surface area contributed by atoms with Crippen LogP contribution in [-0.4, -0.2) is 26.1 Å². The van der Waals surface area contributed by atoms with Crippen LogP contribution >= 0.6 is 0 Å². The number of methoxy groups -OCH3 is 1. The number of anilines is 1. The zero-order valence-corrected chi connectivity index (χ0v) is 15.3. The van der Waals surface area contributed by atoms with E-state index >= 15 is 0 Å². The van der Waals surface area contributed by atoms with Gasteiger partial charge >= 0.3 is 0 Å². The van der Waals surface area contributed by atoms with Gasteiger partial charge in [-0.3, -0.25) is 4.79 Å². The number of aryl methyl sites for hydroxylation is 1. The molecule has 2 aromatic rings. The minimum absolute atomic E-state index is 0.163. The molecule has 1 amide bonds. The van der Waals surface area contributed by atoms with E-state index in [9.17, 15) is 4.79 Å². The van der Waals surface area contributed by atoms with Gasteiger partial charge in [-0.05, 0) is 60.9 Å². The molecule has 4 rings (SSSR count). The van der Waals surface area contributed by atoms with Crippen LogP contribution in [0, 0.1) is 5.92 Å². The van der Waals surface area contributed by atoms with Gasteiger partial charge in [0.2, 0.25) is 5.91 Å². The van der Waals surface area contributed by atoms with Crippen molar-refractivity contribution in [3.63, 3.8) is 0 Å². The highest BCUT2D eigenvalue weighted by molar-refractivity contribution is 5.96. The van der Waals surface area contributed by atoms with Crippen LogP contribution in [0.4, 0.5) is 5.69 Å². The lowest BCUT2D eigenvalue weighted by Gasteiger charge is -2.30. The summed E-state index contributed by atoms with van der Waals surface area (Å²) in [5, 5.41) is 3.53. The Morgan fingerprint density at radius 3 is 2.69 bits per heavy atom. The van der Waals surface area contributed by atoms with E-state index in [-0.39, 0.29) is 11.9 Å². The summed E-state index contributed by atoms with van der Waals surface area (Å²) in [6.45, 7) is 1.19. The molecule has 0 bridgehead atoms. The number of fused-ring (bicyclic) bond motifs is 1. The number of ether oxygens (including phenoxy) is 1. The molecule has 1 aliphatic carbocycles. The van der Waals surface area contributed by atoms with Gasteiger partial charge < -0.3 is 15.0 Å². The minimum atomic E-state index is 0.163. The highest BCUT2D eigenvalue weighted by Crippen LogP contribution is 2.41. The Labute approximate surface area is 155 Å². The molecule has 1 heterocycles. The number of amides is 1. The first-order valence-electron chi connectivity index (χ1n) is 9.52. The molecule has 0 aromatic heterocycles. The van der Waals surface area contributed by atoms with E-state index in [4.69, 9.17) is 4.74 Å². The summed E-state index contributed by atoms with van der Waals surface area (Å²) in [4.78, 5) is 14.8. The first-order chi connectivity index (χ1) is 12.8. The van der Waals surface area contributed by atoms with Crippen LogP contribution in [-0.2, 0) is 11.2 Å². The Bertz CT molecular complexity index is 768. The molecule has 4 heteroatoms. The Kier molecular flexibility index (Phi) is 4.93. The van der Waals surface area contributed by atoms with Crippen LogP contribution in [0.5, 0.6) is 5.75 Å². The molecule has 1 aliphatic heterocycles. The molecule has 2 aromatic carbocycles. The molecule has 4 nitrogen and oxygen atoms in total. The van der Waals surface area contributed by atoms with Gasteiger partial charge in [0.25, 0.3) is 0 Å². The van der Waals surface area contributed by atoms with E-state index in [1.54, 1.807) is 7.11 Å². The number of para-hydroxylation sites is 1. The Hall–Kier alpha value is -2.33. The Morgan fingerprint density at radius 2 is 1.96 bits per heavy atom. The highest BCUT2D eigenvalue weighted by Gasteiger charge is 2.33. The SMILES string of the molecule is COc1ccc(C(NCC(=O)N2CCCc3ccccc32)C2CC2)cc1. The third kappa shape index (κ3) is 3.61. The second-order valence-corrected chi connectivity index (χ2v) is 7.25. The molecule has 0 radical (unpaired) electrons. The van der Waals surface area contributed by atoms with Crippen molar-refractivity contribution in [2.24, 2.45) is 5.92 Å². The van der Waals surface area contributed by atoms with Gasteiger partial charge in [0.05, 0.1) is 13.7 Å². The molecular weight excluding hydrogens is 324 g/mol. The molecule has 1 atom stereocenters. The zero-order valence-electron chi connectivity index (χ0n) is 15.3. The van der Waals surface area contributed by atoms with Crippen molar-refractivity contribution in [2.45, 2.75) is 31.7 Å². The van der Waals surface area contributed by atoms with Crippen molar-refractivity contribution < 1.29 is 9.53 Å². The largest absolute Gasteiger partial charge is 0.497 e. The zero-order chi connectivity index (χ0) is 17.9. The van der Waals surface area contributed by atoms with Crippen molar-refractivity contribution in [1.29, 1.82) is 0 Å². The third-order valence-electron chi connectivity index (χ3n) is 5.45. The fourth-order valence-electron chi connectivity index (χ4n) is 3.88. The molecule has 1 fully saturated rings. The quantitative estimate of drug-likeness (QED) is 0.863. The number of nitrogens with one attached hydrogen (secondary N) is 1. The van der Waals surface area contributed by atoms with Gasteiger partial charge in [-0.15, -0.1) is 0 Å². The van der Waals surface area contributed by atoms with E-state index in [1.807, 2.05) is 23.1 Å². The van der Waals surface area contributed by atoms with Crippen LogP contribution in [0.1, 0.15) is 36.4 Å². The van der Waals surface area contributed by atoms with Gasteiger partial charge in [0, 0.05) is 18.3 Å². The van der Waals surface area contributed by atoms with Crippen molar-refractivity contribution in [2.75, 3.05) is 25.1 Å². The van der Waals surface area contributed by atoms with E-state index in [2.05, 4.69) is 35.6 Å². The lowest BCUT2D eigenvalue weighted by Crippen LogP contribution is -2.42. The van der Waals surface area contributed by atoms with Gasteiger partial charge in [0.1, 0.15) is 5.75 Å². The third-order valence-corrected chi connectivity index (χ3v) is 5.45. The second kappa shape index (κ2) is 7.50. The lowest BCUT2D eigenvalue weighted by molar-refractivity contribution is -0.118. The van der Waals surface area contributed by atoms with E-state index in [0.29, 0.717) is 12.5 Å². The fourth-order valence-corrected chi connectivity index (χ4v) is 3.88. The summed E-state index contributed by atoms with van der Waals surface area (Å²) in [6, 6.07) is 16.7. The molecule has 2 aliphatic rings. The maximum absolute atomic E-state index is 12.9. The summed E-state index contributed by atoms with van der Waals surface area (Å²) in [7, 11) is 1.68. The monoisotopic (exact) mass is 350 g/mol. The van der Waals surface area contributed by atoms with Crippen molar-refractivity contribution in [1.82, 2.24) is 5.32 Å². The molecule has 1 N–H and O–H groups in total. The number of rotatable bonds is 6. The maximum atomic E-state index is 12.9. The Morgan fingerprint density at radius 1 is 1.19 bits per heavy atom. The predicted molar refractivity (Wildman–Crippen MR) is 104 cm³/mol. The van der Waals surface area contributed by atoms with Gasteiger partial charge in [-0.2, -0.15) is 0 Å². The molecule has 136 valence electrons. The van der Waals surface area contributed by atoms with Crippen LogP contribution in [0.25, 0.3) is 0 Å². The fraction of sp³-hybridized carbons (Fsp3) is 0.409. The van der Waals surface area contributed by atoms with Crippen LogP contribution in [0.2, 0.25) is 0 Å². The van der Waals surface area contributed by atoms with Crippen molar-refractivity contribution in [3.8, 4) is 5.75 Å². The number of hydrogen-bond donors (Lipinski definition) is 1. The van der Waals surface area contributed by atoms with Crippen molar-refractivity contribution >= 4 is 11.6 Å². The second-order valence-electron chi connectivity index (χ2n) is 7.25. The normalized spacial score (nSPS) is 17.5. The van der Waals surface area contributed by atoms with E-state index < -0.39 is 0 Å². The van der Waals surface area contributed by atoms with Gasteiger partial charge in [-0.25, -0.2) is 0 Å². The molecule has 0 saturated heterocycles. The maximum Gasteiger partial charge on any atom is 0.240 e. The number of hydrogen-bond acceptors (Lipinski definition) is 3. The number of carbonyl (C=O) groups excluding carboxylic acids is 1. The minimum Gasteiger partial charge on any atom is -0.497 e. The number of benzene rings is 2. The number of nitrogens with zero attached hydrogens (tertiary/aromatic N) is 1. The molecule has 1 saturated carbocycles. The van der Waals surface area contributed by atoms with Crippen LogP contribution in [0.3, 0.4) is 0 Å². The van der Waals surface area contributed by atoms with Crippen molar-refractivity contribution in [3.05, 3.63) is 59.7 Å². The average molecular weight is 350 g/mol. The smallest absolute Gasteiger partial charge is 0.240 e. The molecule has 1 unspecified atom stereocenters. The molecule has 0 spiro atoms. The molecular formula is C22H26N2O2. The van der Waals surface area contributed by atoms with Gasteiger partial charge in [0.15, 0.2) is 0 Å². The summed E-state index contributed by atoms with van der Waals surface area (Å²) < 4.78 is 5.25. The van der Waals surface area contributed by atoms with Crippen LogP contribution in [0.15, 0.2) is 48.5 Å². The standard InChI is InChI=1S/C22H26N2O2/c1-26-19-12-10-18(11-13-19)22(17-8-9-17)23-15-21(25)24-14-4-6-16-5-2-3-7-20(16)24/h2-3,5,7,10-13,17,22-23H,4,6,8-9,14-15H2,1H3. The average Bonchev–Trinajstić information content (AvgIpc) is 3.53. The first kappa shape index (κ1) is 17.1. The first-order valence-corrected chi connectivity index (χ1v) is 9.52. The molecule has 26 heavy (non-hydrogen) atoms. The summed E-state index contributed by atoms with van der Waals surface area (Å²) in [6.07, 6.45) is 4.55. The topological polar surface area (TPSA) is 41.6 Å². The van der Waals surface area contributed by atoms with Gasteiger partial charge in [-0.1, -0.05) is 30.3 Å². The summed E-state index contributed by atoms with van der Waals surface area (Å²) in [5.41, 5.74) is 3.60. The van der Waals surface area contributed by atoms with Crippen LogP contribution < -0.4 is 15.0 Å².